The van der Waals surface area contributed by atoms with Crippen LogP contribution in [0, 0.1) is 6.92 Å². The molecule has 3 heterocycles. The molecule has 0 atom stereocenters. The number of aromatic nitrogens is 2. The lowest BCUT2D eigenvalue weighted by molar-refractivity contribution is 0.994. The fourth-order valence-corrected chi connectivity index (χ4v) is 3.58. The summed E-state index contributed by atoms with van der Waals surface area (Å²) in [5.41, 5.74) is 3.31. The highest BCUT2D eigenvalue weighted by atomic mass is 32.1. The van der Waals surface area contributed by atoms with E-state index in [1.807, 2.05) is 37.3 Å². The fraction of sp³-hybridized carbons (Fsp3) is 0.0588. The van der Waals surface area contributed by atoms with Crippen molar-refractivity contribution in [3.63, 3.8) is 0 Å². The number of pyridine rings is 1. The molecule has 1 aromatic carbocycles. The second-order valence-corrected chi connectivity index (χ2v) is 5.90. The van der Waals surface area contributed by atoms with E-state index in [9.17, 15) is 4.79 Å². The smallest absolute Gasteiger partial charge is 0.258 e. The van der Waals surface area contributed by atoms with Crippen LogP contribution in [0.25, 0.3) is 27.0 Å². The lowest BCUT2D eigenvalue weighted by atomic mass is 10.1. The van der Waals surface area contributed by atoms with Gasteiger partial charge in [-0.1, -0.05) is 24.3 Å². The number of hydrogen-bond donors (Lipinski definition) is 0. The van der Waals surface area contributed by atoms with E-state index in [4.69, 9.17) is 0 Å². The molecule has 0 saturated heterocycles. The Bertz CT molecular complexity index is 1030. The fourth-order valence-electron chi connectivity index (χ4n) is 2.63. The third-order valence-electron chi connectivity index (χ3n) is 3.64. The van der Waals surface area contributed by atoms with Gasteiger partial charge >= 0.3 is 0 Å². The number of rotatable bonds is 1. The van der Waals surface area contributed by atoms with E-state index < -0.39 is 0 Å². The zero-order chi connectivity index (χ0) is 14.4. The number of hydrogen-bond acceptors (Lipinski definition) is 3. The Morgan fingerprint density at radius 3 is 2.86 bits per heavy atom. The van der Waals surface area contributed by atoms with Crippen LogP contribution in [0.5, 0.6) is 0 Å². The molecule has 3 nitrogen and oxygen atoms in total. The SMILES string of the molecule is Cc1cccc2nc(-c3csc4ccccc34)cc(=O)n12. The summed E-state index contributed by atoms with van der Waals surface area (Å²) in [6.45, 7) is 1.91. The minimum Gasteiger partial charge on any atom is -0.269 e. The third kappa shape index (κ3) is 1.87. The highest BCUT2D eigenvalue weighted by Crippen LogP contribution is 2.32. The van der Waals surface area contributed by atoms with E-state index >= 15 is 0 Å². The molecular formula is C17H12N2OS. The zero-order valence-electron chi connectivity index (χ0n) is 11.4. The maximum Gasteiger partial charge on any atom is 0.258 e. The Morgan fingerprint density at radius 2 is 1.95 bits per heavy atom. The molecule has 0 amide bonds. The van der Waals surface area contributed by atoms with Gasteiger partial charge in [0, 0.05) is 32.8 Å². The van der Waals surface area contributed by atoms with Crippen LogP contribution in [-0.2, 0) is 0 Å². The van der Waals surface area contributed by atoms with E-state index in [2.05, 4.69) is 22.5 Å². The largest absolute Gasteiger partial charge is 0.269 e. The number of benzene rings is 1. The Labute approximate surface area is 125 Å². The maximum atomic E-state index is 12.4. The Kier molecular flexibility index (Phi) is 2.65. The first-order valence-electron chi connectivity index (χ1n) is 6.70. The predicted molar refractivity (Wildman–Crippen MR) is 87.0 cm³/mol. The van der Waals surface area contributed by atoms with Crippen molar-refractivity contribution in [3.05, 3.63) is 70.0 Å². The summed E-state index contributed by atoms with van der Waals surface area (Å²) in [6.07, 6.45) is 0. The molecule has 0 fully saturated rings. The second kappa shape index (κ2) is 4.53. The molecular weight excluding hydrogens is 280 g/mol. The first-order chi connectivity index (χ1) is 10.2. The van der Waals surface area contributed by atoms with E-state index in [1.165, 1.54) is 4.70 Å². The van der Waals surface area contributed by atoms with Crippen LogP contribution in [0.2, 0.25) is 0 Å². The van der Waals surface area contributed by atoms with Crippen molar-refractivity contribution in [2.45, 2.75) is 6.92 Å². The van der Waals surface area contributed by atoms with Crippen LogP contribution in [0.3, 0.4) is 0 Å². The van der Waals surface area contributed by atoms with Gasteiger partial charge in [-0.25, -0.2) is 4.98 Å². The maximum absolute atomic E-state index is 12.4. The van der Waals surface area contributed by atoms with Gasteiger partial charge in [-0.3, -0.25) is 9.20 Å². The van der Waals surface area contributed by atoms with Crippen LogP contribution >= 0.6 is 11.3 Å². The van der Waals surface area contributed by atoms with Crippen molar-refractivity contribution in [1.29, 1.82) is 0 Å². The van der Waals surface area contributed by atoms with Gasteiger partial charge in [0.2, 0.25) is 0 Å². The standard InChI is InChI=1S/C17H12N2OS/c1-11-5-4-8-16-18-14(9-17(20)19(11)16)13-10-21-15-7-3-2-6-12(13)15/h2-10H,1H3. The Hall–Kier alpha value is -2.46. The van der Waals surface area contributed by atoms with Crippen molar-refractivity contribution in [2.24, 2.45) is 0 Å². The van der Waals surface area contributed by atoms with Crippen LogP contribution in [0.1, 0.15) is 5.69 Å². The highest BCUT2D eigenvalue weighted by molar-refractivity contribution is 7.17. The Morgan fingerprint density at radius 1 is 1.10 bits per heavy atom. The molecule has 102 valence electrons. The average molecular weight is 292 g/mol. The summed E-state index contributed by atoms with van der Waals surface area (Å²) in [7, 11) is 0. The minimum atomic E-state index is -0.0385. The summed E-state index contributed by atoms with van der Waals surface area (Å²) in [5, 5.41) is 3.21. The predicted octanol–water partition coefficient (Wildman–Crippen LogP) is 3.88. The molecule has 4 rings (SSSR count). The summed E-state index contributed by atoms with van der Waals surface area (Å²) in [5.74, 6) is 0. The van der Waals surface area contributed by atoms with E-state index in [0.717, 1.165) is 22.3 Å². The van der Waals surface area contributed by atoms with Gasteiger partial charge in [-0.05, 0) is 25.1 Å². The summed E-state index contributed by atoms with van der Waals surface area (Å²) >= 11 is 1.67. The van der Waals surface area contributed by atoms with Gasteiger partial charge in [0.25, 0.3) is 5.56 Å². The van der Waals surface area contributed by atoms with Crippen LogP contribution < -0.4 is 5.56 Å². The van der Waals surface area contributed by atoms with Crippen molar-refractivity contribution < 1.29 is 0 Å². The molecule has 0 saturated carbocycles. The van der Waals surface area contributed by atoms with Gasteiger partial charge in [0.15, 0.2) is 0 Å². The van der Waals surface area contributed by atoms with Crippen LogP contribution in [0.4, 0.5) is 0 Å². The topological polar surface area (TPSA) is 34.4 Å². The monoisotopic (exact) mass is 292 g/mol. The zero-order valence-corrected chi connectivity index (χ0v) is 12.2. The van der Waals surface area contributed by atoms with Gasteiger partial charge in [-0.15, -0.1) is 11.3 Å². The molecule has 0 aliphatic heterocycles. The van der Waals surface area contributed by atoms with Crippen LogP contribution in [-0.4, -0.2) is 9.38 Å². The molecule has 4 aromatic rings. The lowest BCUT2D eigenvalue weighted by Gasteiger charge is -2.06. The molecule has 0 radical (unpaired) electrons. The van der Waals surface area contributed by atoms with Crippen molar-refractivity contribution >= 4 is 27.1 Å². The average Bonchev–Trinajstić information content (AvgIpc) is 2.91. The van der Waals surface area contributed by atoms with Crippen molar-refractivity contribution in [3.8, 4) is 11.3 Å². The van der Waals surface area contributed by atoms with Gasteiger partial charge in [-0.2, -0.15) is 0 Å². The molecule has 0 bridgehead atoms. The second-order valence-electron chi connectivity index (χ2n) is 4.99. The summed E-state index contributed by atoms with van der Waals surface area (Å²) in [6, 6.07) is 15.5. The van der Waals surface area contributed by atoms with Crippen molar-refractivity contribution in [1.82, 2.24) is 9.38 Å². The Balaban J connectivity index is 2.06. The molecule has 0 aliphatic rings. The number of fused-ring (bicyclic) bond motifs is 2. The first kappa shape index (κ1) is 12.3. The normalized spacial score (nSPS) is 11.3. The number of aryl methyl sites for hydroxylation is 1. The van der Waals surface area contributed by atoms with Gasteiger partial charge in [0.1, 0.15) is 5.65 Å². The van der Waals surface area contributed by atoms with E-state index in [1.54, 1.807) is 21.8 Å². The van der Waals surface area contributed by atoms with Crippen molar-refractivity contribution in [2.75, 3.05) is 0 Å². The lowest BCUT2D eigenvalue weighted by Crippen LogP contribution is -2.16. The molecule has 0 aliphatic carbocycles. The number of nitrogens with zero attached hydrogens (tertiary/aromatic N) is 2. The highest BCUT2D eigenvalue weighted by Gasteiger charge is 2.10. The summed E-state index contributed by atoms with van der Waals surface area (Å²) < 4.78 is 2.84. The molecule has 4 heteroatoms. The summed E-state index contributed by atoms with van der Waals surface area (Å²) in [4.78, 5) is 17.0. The number of thiophene rings is 1. The molecule has 21 heavy (non-hydrogen) atoms. The molecule has 3 aromatic heterocycles. The minimum absolute atomic E-state index is 0.0385. The first-order valence-corrected chi connectivity index (χ1v) is 7.58. The van der Waals surface area contributed by atoms with Gasteiger partial charge < -0.3 is 0 Å². The van der Waals surface area contributed by atoms with E-state index in [0.29, 0.717) is 5.65 Å². The quantitative estimate of drug-likeness (QED) is 0.533. The van der Waals surface area contributed by atoms with Crippen LogP contribution in [0.15, 0.2) is 58.7 Å². The third-order valence-corrected chi connectivity index (χ3v) is 4.60. The van der Waals surface area contributed by atoms with Gasteiger partial charge in [0.05, 0.1) is 5.69 Å². The molecule has 0 unspecified atom stereocenters. The van der Waals surface area contributed by atoms with E-state index in [-0.39, 0.29) is 5.56 Å². The molecule has 0 spiro atoms. The molecule has 0 N–H and O–H groups in total.